The minimum Gasteiger partial charge on any atom is -0.326 e. The summed E-state index contributed by atoms with van der Waals surface area (Å²) in [5, 5.41) is 0. The van der Waals surface area contributed by atoms with E-state index in [0.717, 1.165) is 16.7 Å². The Balaban J connectivity index is 2.51. The van der Waals surface area contributed by atoms with Gasteiger partial charge in [0.1, 0.15) is 5.82 Å². The molecule has 0 amide bonds. The van der Waals surface area contributed by atoms with Crippen molar-refractivity contribution < 1.29 is 4.39 Å². The van der Waals surface area contributed by atoms with Crippen molar-refractivity contribution in [3.8, 4) is 11.1 Å². The summed E-state index contributed by atoms with van der Waals surface area (Å²) in [5.74, 6) is -0.240. The average molecular weight is 215 g/mol. The van der Waals surface area contributed by atoms with Crippen LogP contribution in [0.4, 0.5) is 4.39 Å². The molecule has 2 N–H and O–H groups in total. The molecule has 0 spiro atoms. The number of benzene rings is 2. The summed E-state index contributed by atoms with van der Waals surface area (Å²) in [6, 6.07) is 12.9. The Morgan fingerprint density at radius 3 is 2.38 bits per heavy atom. The second-order valence-corrected chi connectivity index (χ2v) is 3.87. The van der Waals surface area contributed by atoms with Gasteiger partial charge in [-0.05, 0) is 35.7 Å². The van der Waals surface area contributed by atoms with Crippen molar-refractivity contribution in [3.05, 3.63) is 59.4 Å². The Kier molecular flexibility index (Phi) is 3.02. The number of rotatable bonds is 2. The van der Waals surface area contributed by atoms with Gasteiger partial charge in [0.2, 0.25) is 0 Å². The van der Waals surface area contributed by atoms with E-state index in [1.807, 2.05) is 31.2 Å². The summed E-state index contributed by atoms with van der Waals surface area (Å²) in [7, 11) is 0. The lowest BCUT2D eigenvalue weighted by molar-refractivity contribution is 0.625. The molecule has 0 unspecified atom stereocenters. The van der Waals surface area contributed by atoms with Gasteiger partial charge in [-0.2, -0.15) is 0 Å². The Labute approximate surface area is 94.7 Å². The number of aryl methyl sites for hydroxylation is 1. The summed E-state index contributed by atoms with van der Waals surface area (Å²) in [6.45, 7) is 2.39. The molecule has 16 heavy (non-hydrogen) atoms. The smallest absolute Gasteiger partial charge is 0.123 e. The lowest BCUT2D eigenvalue weighted by Gasteiger charge is -2.08. The highest BCUT2D eigenvalue weighted by Gasteiger charge is 2.04. The summed E-state index contributed by atoms with van der Waals surface area (Å²) >= 11 is 0. The molecule has 0 saturated heterocycles. The van der Waals surface area contributed by atoms with Gasteiger partial charge in [-0.25, -0.2) is 4.39 Å². The van der Waals surface area contributed by atoms with E-state index in [1.165, 1.54) is 17.7 Å². The predicted molar refractivity (Wildman–Crippen MR) is 64.5 cm³/mol. The number of hydrogen-bond acceptors (Lipinski definition) is 1. The van der Waals surface area contributed by atoms with Crippen LogP contribution in [0.2, 0.25) is 0 Å². The van der Waals surface area contributed by atoms with Crippen LogP contribution in [-0.2, 0) is 6.54 Å². The molecule has 0 aliphatic rings. The van der Waals surface area contributed by atoms with E-state index in [0.29, 0.717) is 6.54 Å². The second-order valence-electron chi connectivity index (χ2n) is 3.87. The molecular formula is C14H14FN. The molecule has 1 nitrogen and oxygen atoms in total. The van der Waals surface area contributed by atoms with Gasteiger partial charge in [-0.15, -0.1) is 0 Å². The molecule has 2 aromatic rings. The van der Waals surface area contributed by atoms with Crippen LogP contribution in [-0.4, -0.2) is 0 Å². The van der Waals surface area contributed by atoms with Crippen LogP contribution in [0.5, 0.6) is 0 Å². The largest absolute Gasteiger partial charge is 0.326 e. The first-order chi connectivity index (χ1) is 7.70. The van der Waals surface area contributed by atoms with Crippen molar-refractivity contribution >= 4 is 0 Å². The minimum absolute atomic E-state index is 0.240. The molecule has 0 saturated carbocycles. The first-order valence-electron chi connectivity index (χ1n) is 5.26. The predicted octanol–water partition coefficient (Wildman–Crippen LogP) is 3.26. The maximum Gasteiger partial charge on any atom is 0.123 e. The maximum absolute atomic E-state index is 13.1. The van der Waals surface area contributed by atoms with Gasteiger partial charge in [0.25, 0.3) is 0 Å². The molecule has 82 valence electrons. The van der Waals surface area contributed by atoms with Crippen LogP contribution >= 0.6 is 0 Å². The van der Waals surface area contributed by atoms with E-state index in [-0.39, 0.29) is 5.82 Å². The van der Waals surface area contributed by atoms with E-state index >= 15 is 0 Å². The molecule has 0 atom stereocenters. The van der Waals surface area contributed by atoms with Gasteiger partial charge in [-0.3, -0.25) is 0 Å². The highest BCUT2D eigenvalue weighted by Crippen LogP contribution is 2.24. The zero-order valence-corrected chi connectivity index (χ0v) is 9.20. The molecule has 2 aromatic carbocycles. The Bertz CT molecular complexity index is 489. The molecule has 0 aliphatic heterocycles. The average Bonchev–Trinajstić information content (AvgIpc) is 2.30. The van der Waals surface area contributed by atoms with Crippen molar-refractivity contribution in [3.63, 3.8) is 0 Å². The quantitative estimate of drug-likeness (QED) is 0.817. The summed E-state index contributed by atoms with van der Waals surface area (Å²) in [6.07, 6.45) is 0. The molecule has 0 fully saturated rings. The third kappa shape index (κ3) is 2.12. The number of halogens is 1. The Hall–Kier alpha value is -1.67. The molecule has 0 aromatic heterocycles. The lowest BCUT2D eigenvalue weighted by atomic mass is 9.99. The molecular weight excluding hydrogens is 201 g/mol. The standard InChI is InChI=1S/C14H14FN/c1-10-2-4-11(5-3-10)14-7-6-13(15)8-12(14)9-16/h2-8H,9,16H2,1H3. The summed E-state index contributed by atoms with van der Waals surface area (Å²) < 4.78 is 13.1. The van der Waals surface area contributed by atoms with Crippen molar-refractivity contribution in [1.82, 2.24) is 0 Å². The highest BCUT2D eigenvalue weighted by molar-refractivity contribution is 5.67. The molecule has 0 aliphatic carbocycles. The van der Waals surface area contributed by atoms with Crippen LogP contribution < -0.4 is 5.73 Å². The molecule has 0 heterocycles. The zero-order chi connectivity index (χ0) is 11.5. The van der Waals surface area contributed by atoms with E-state index in [2.05, 4.69) is 0 Å². The first-order valence-corrected chi connectivity index (χ1v) is 5.26. The minimum atomic E-state index is -0.240. The van der Waals surface area contributed by atoms with Gasteiger partial charge in [0, 0.05) is 6.54 Å². The lowest BCUT2D eigenvalue weighted by Crippen LogP contribution is -1.99. The monoisotopic (exact) mass is 215 g/mol. The third-order valence-corrected chi connectivity index (χ3v) is 2.65. The van der Waals surface area contributed by atoms with Gasteiger partial charge in [0.05, 0.1) is 0 Å². The van der Waals surface area contributed by atoms with Crippen LogP contribution in [0.25, 0.3) is 11.1 Å². The van der Waals surface area contributed by atoms with Gasteiger partial charge >= 0.3 is 0 Å². The SMILES string of the molecule is Cc1ccc(-c2ccc(F)cc2CN)cc1. The summed E-state index contributed by atoms with van der Waals surface area (Å²) in [4.78, 5) is 0. The number of nitrogens with two attached hydrogens (primary N) is 1. The topological polar surface area (TPSA) is 26.0 Å². The highest BCUT2D eigenvalue weighted by atomic mass is 19.1. The molecule has 0 bridgehead atoms. The number of hydrogen-bond donors (Lipinski definition) is 1. The van der Waals surface area contributed by atoms with E-state index in [9.17, 15) is 4.39 Å². The van der Waals surface area contributed by atoms with Gasteiger partial charge in [-0.1, -0.05) is 35.9 Å². The maximum atomic E-state index is 13.1. The third-order valence-electron chi connectivity index (χ3n) is 2.65. The Morgan fingerprint density at radius 1 is 1.06 bits per heavy atom. The van der Waals surface area contributed by atoms with Crippen LogP contribution in [0, 0.1) is 12.7 Å². The second kappa shape index (κ2) is 4.45. The molecule has 2 heteroatoms. The fourth-order valence-electron chi connectivity index (χ4n) is 1.75. The van der Waals surface area contributed by atoms with Crippen molar-refractivity contribution in [2.75, 3.05) is 0 Å². The van der Waals surface area contributed by atoms with E-state index in [1.54, 1.807) is 6.07 Å². The van der Waals surface area contributed by atoms with Crippen LogP contribution in [0.15, 0.2) is 42.5 Å². The van der Waals surface area contributed by atoms with Crippen LogP contribution in [0.3, 0.4) is 0 Å². The zero-order valence-electron chi connectivity index (χ0n) is 9.20. The van der Waals surface area contributed by atoms with Gasteiger partial charge in [0.15, 0.2) is 0 Å². The fourth-order valence-corrected chi connectivity index (χ4v) is 1.75. The fraction of sp³-hybridized carbons (Fsp3) is 0.143. The first kappa shape index (κ1) is 10.8. The molecule has 2 rings (SSSR count). The Morgan fingerprint density at radius 2 is 1.75 bits per heavy atom. The molecule has 0 radical (unpaired) electrons. The van der Waals surface area contributed by atoms with Crippen molar-refractivity contribution in [2.45, 2.75) is 13.5 Å². The van der Waals surface area contributed by atoms with Crippen molar-refractivity contribution in [2.24, 2.45) is 5.73 Å². The van der Waals surface area contributed by atoms with E-state index in [4.69, 9.17) is 5.73 Å². The summed E-state index contributed by atoms with van der Waals surface area (Å²) in [5.41, 5.74) is 9.74. The van der Waals surface area contributed by atoms with Crippen LogP contribution in [0.1, 0.15) is 11.1 Å². The van der Waals surface area contributed by atoms with Crippen molar-refractivity contribution in [1.29, 1.82) is 0 Å². The van der Waals surface area contributed by atoms with E-state index < -0.39 is 0 Å². The normalized spacial score (nSPS) is 10.4. The van der Waals surface area contributed by atoms with Gasteiger partial charge < -0.3 is 5.73 Å².